The van der Waals surface area contributed by atoms with E-state index >= 15 is 0 Å². The van der Waals surface area contributed by atoms with Crippen LogP contribution in [0.5, 0.6) is 0 Å². The van der Waals surface area contributed by atoms with E-state index in [0.717, 1.165) is 11.1 Å². The molecular weight excluding hydrogens is 331 g/mol. The number of nitrogens with two attached hydrogens (primary N) is 1. The molecule has 2 aromatic rings. The molecule has 1 unspecified atom stereocenters. The Bertz CT molecular complexity index is 619. The topological polar surface area (TPSA) is 46.3 Å². The molecule has 1 amide bonds. The molecule has 0 aliphatic rings. The minimum absolute atomic E-state index is 0. The minimum atomic E-state index is -0.276. The van der Waals surface area contributed by atoms with Crippen LogP contribution >= 0.6 is 24.0 Å². The van der Waals surface area contributed by atoms with Gasteiger partial charge in [-0.3, -0.25) is 4.79 Å². The SMILES string of the molecule is CCN(Cc1cccc(Cl)c1)C(=O)CC(N)c1ccccc1.Cl. The van der Waals surface area contributed by atoms with Crippen LogP contribution < -0.4 is 5.73 Å². The smallest absolute Gasteiger partial charge is 0.224 e. The third kappa shape index (κ3) is 5.87. The maximum absolute atomic E-state index is 12.5. The van der Waals surface area contributed by atoms with Crippen LogP contribution in [0.3, 0.4) is 0 Å². The largest absolute Gasteiger partial charge is 0.339 e. The fraction of sp³-hybridized carbons (Fsp3) is 0.278. The normalized spacial score (nSPS) is 11.4. The highest BCUT2D eigenvalue weighted by Crippen LogP contribution is 2.17. The van der Waals surface area contributed by atoms with E-state index < -0.39 is 0 Å². The lowest BCUT2D eigenvalue weighted by Gasteiger charge is -2.23. The molecule has 1 atom stereocenters. The number of halogens is 2. The Morgan fingerprint density at radius 2 is 1.87 bits per heavy atom. The summed E-state index contributed by atoms with van der Waals surface area (Å²) in [4.78, 5) is 14.3. The first-order valence-electron chi connectivity index (χ1n) is 7.43. The Morgan fingerprint density at radius 3 is 2.48 bits per heavy atom. The van der Waals surface area contributed by atoms with Crippen LogP contribution in [-0.4, -0.2) is 17.4 Å². The average Bonchev–Trinajstić information content (AvgIpc) is 2.53. The molecule has 124 valence electrons. The van der Waals surface area contributed by atoms with Crippen molar-refractivity contribution in [3.8, 4) is 0 Å². The van der Waals surface area contributed by atoms with E-state index in [1.807, 2.05) is 61.5 Å². The molecule has 5 heteroatoms. The van der Waals surface area contributed by atoms with Crippen molar-refractivity contribution in [1.29, 1.82) is 0 Å². The molecule has 0 heterocycles. The van der Waals surface area contributed by atoms with E-state index in [2.05, 4.69) is 0 Å². The molecule has 0 aliphatic heterocycles. The Kier molecular flexibility index (Phi) is 8.10. The zero-order valence-corrected chi connectivity index (χ0v) is 14.7. The third-order valence-electron chi connectivity index (χ3n) is 3.62. The van der Waals surface area contributed by atoms with Crippen molar-refractivity contribution in [2.75, 3.05) is 6.54 Å². The summed E-state index contributed by atoms with van der Waals surface area (Å²) in [7, 11) is 0. The summed E-state index contributed by atoms with van der Waals surface area (Å²) in [6.45, 7) is 3.17. The van der Waals surface area contributed by atoms with Crippen LogP contribution in [0.25, 0.3) is 0 Å². The predicted molar refractivity (Wildman–Crippen MR) is 97.8 cm³/mol. The lowest BCUT2D eigenvalue weighted by Crippen LogP contribution is -2.32. The quantitative estimate of drug-likeness (QED) is 0.846. The van der Waals surface area contributed by atoms with E-state index in [9.17, 15) is 4.79 Å². The summed E-state index contributed by atoms with van der Waals surface area (Å²) >= 11 is 5.99. The fourth-order valence-corrected chi connectivity index (χ4v) is 2.58. The number of nitrogens with zero attached hydrogens (tertiary/aromatic N) is 1. The maximum Gasteiger partial charge on any atom is 0.224 e. The molecule has 0 radical (unpaired) electrons. The van der Waals surface area contributed by atoms with Gasteiger partial charge in [-0.25, -0.2) is 0 Å². The van der Waals surface area contributed by atoms with Gasteiger partial charge in [0.05, 0.1) is 0 Å². The number of benzene rings is 2. The second kappa shape index (κ2) is 9.56. The highest BCUT2D eigenvalue weighted by molar-refractivity contribution is 6.30. The van der Waals surface area contributed by atoms with Crippen LogP contribution in [0.2, 0.25) is 5.02 Å². The Hall–Kier alpha value is -1.55. The third-order valence-corrected chi connectivity index (χ3v) is 3.85. The molecule has 23 heavy (non-hydrogen) atoms. The molecule has 2 rings (SSSR count). The summed E-state index contributed by atoms with van der Waals surface area (Å²) in [5, 5.41) is 0.682. The van der Waals surface area contributed by atoms with Crippen LogP contribution in [0, 0.1) is 0 Å². The van der Waals surface area contributed by atoms with Crippen molar-refractivity contribution >= 4 is 29.9 Å². The number of carbonyl (C=O) groups is 1. The molecule has 0 bridgehead atoms. The van der Waals surface area contributed by atoms with E-state index in [1.54, 1.807) is 4.90 Å². The van der Waals surface area contributed by atoms with E-state index in [0.29, 0.717) is 24.5 Å². The van der Waals surface area contributed by atoms with E-state index in [1.165, 1.54) is 0 Å². The molecule has 3 nitrogen and oxygen atoms in total. The van der Waals surface area contributed by atoms with E-state index in [-0.39, 0.29) is 24.4 Å². The lowest BCUT2D eigenvalue weighted by molar-refractivity contribution is -0.132. The molecule has 0 saturated carbocycles. The zero-order chi connectivity index (χ0) is 15.9. The number of hydrogen-bond acceptors (Lipinski definition) is 2. The van der Waals surface area contributed by atoms with Gasteiger partial charge >= 0.3 is 0 Å². The van der Waals surface area contributed by atoms with Gasteiger partial charge in [-0.1, -0.05) is 54.1 Å². The Labute approximate surface area is 148 Å². The first kappa shape index (κ1) is 19.5. The number of carbonyl (C=O) groups excluding carboxylic acids is 1. The van der Waals surface area contributed by atoms with Gasteiger partial charge in [0.15, 0.2) is 0 Å². The van der Waals surface area contributed by atoms with Gasteiger partial charge in [-0.05, 0) is 30.2 Å². The van der Waals surface area contributed by atoms with Gasteiger partial charge in [0.1, 0.15) is 0 Å². The molecule has 0 fully saturated rings. The molecule has 0 aliphatic carbocycles. The van der Waals surface area contributed by atoms with Crippen molar-refractivity contribution in [3.63, 3.8) is 0 Å². The van der Waals surface area contributed by atoms with Crippen LogP contribution in [-0.2, 0) is 11.3 Å². The van der Waals surface area contributed by atoms with Crippen molar-refractivity contribution in [2.24, 2.45) is 5.73 Å². The molecule has 0 aromatic heterocycles. The first-order chi connectivity index (χ1) is 10.6. The number of rotatable bonds is 6. The summed E-state index contributed by atoms with van der Waals surface area (Å²) in [6, 6.07) is 17.0. The monoisotopic (exact) mass is 352 g/mol. The average molecular weight is 353 g/mol. The van der Waals surface area contributed by atoms with Crippen molar-refractivity contribution in [3.05, 3.63) is 70.7 Å². The summed E-state index contributed by atoms with van der Waals surface area (Å²) in [6.07, 6.45) is 0.304. The van der Waals surface area contributed by atoms with Gasteiger partial charge < -0.3 is 10.6 Å². The van der Waals surface area contributed by atoms with Gasteiger partial charge in [0.2, 0.25) is 5.91 Å². The van der Waals surface area contributed by atoms with Crippen molar-refractivity contribution in [1.82, 2.24) is 4.90 Å². The molecular formula is C18H22Cl2N2O. The van der Waals surface area contributed by atoms with Gasteiger partial charge in [0.25, 0.3) is 0 Å². The summed E-state index contributed by atoms with van der Waals surface area (Å²) < 4.78 is 0. The fourth-order valence-electron chi connectivity index (χ4n) is 2.37. The van der Waals surface area contributed by atoms with Crippen LogP contribution in [0.1, 0.15) is 30.5 Å². The van der Waals surface area contributed by atoms with Gasteiger partial charge in [-0.15, -0.1) is 12.4 Å². The molecule has 0 spiro atoms. The lowest BCUT2D eigenvalue weighted by atomic mass is 10.0. The van der Waals surface area contributed by atoms with Gasteiger partial charge in [-0.2, -0.15) is 0 Å². The van der Waals surface area contributed by atoms with Crippen LogP contribution in [0.15, 0.2) is 54.6 Å². The maximum atomic E-state index is 12.5. The van der Waals surface area contributed by atoms with Gasteiger partial charge in [0, 0.05) is 30.6 Å². The summed E-state index contributed by atoms with van der Waals surface area (Å²) in [5.74, 6) is 0.0545. The second-order valence-corrected chi connectivity index (χ2v) is 5.70. The highest BCUT2D eigenvalue weighted by Gasteiger charge is 2.17. The van der Waals surface area contributed by atoms with Crippen molar-refractivity contribution in [2.45, 2.75) is 25.9 Å². The minimum Gasteiger partial charge on any atom is -0.339 e. The van der Waals surface area contributed by atoms with Crippen molar-refractivity contribution < 1.29 is 4.79 Å². The van der Waals surface area contributed by atoms with E-state index in [4.69, 9.17) is 17.3 Å². The molecule has 2 N–H and O–H groups in total. The number of amides is 1. The number of hydrogen-bond donors (Lipinski definition) is 1. The summed E-state index contributed by atoms with van der Waals surface area (Å²) in [5.41, 5.74) is 8.14. The first-order valence-corrected chi connectivity index (χ1v) is 7.80. The Balaban J connectivity index is 0.00000264. The predicted octanol–water partition coefficient (Wildman–Crippen LogP) is 4.20. The van der Waals surface area contributed by atoms with Crippen LogP contribution in [0.4, 0.5) is 0 Å². The second-order valence-electron chi connectivity index (χ2n) is 5.26. The Morgan fingerprint density at radius 1 is 1.17 bits per heavy atom. The molecule has 0 saturated heterocycles. The molecule has 2 aromatic carbocycles. The zero-order valence-electron chi connectivity index (χ0n) is 13.1. The highest BCUT2D eigenvalue weighted by atomic mass is 35.5. The standard InChI is InChI=1S/C18H21ClN2O.ClH/c1-2-21(13-14-7-6-10-16(19)11-14)18(22)12-17(20)15-8-4-3-5-9-15;/h3-11,17H,2,12-13,20H2,1H3;1H.